The topological polar surface area (TPSA) is 50.8 Å². The van der Waals surface area contributed by atoms with E-state index in [0.29, 0.717) is 25.2 Å². The highest BCUT2D eigenvalue weighted by molar-refractivity contribution is 5.68. The second-order valence-electron chi connectivity index (χ2n) is 6.64. The van der Waals surface area contributed by atoms with Gasteiger partial charge in [-0.25, -0.2) is 4.79 Å². The van der Waals surface area contributed by atoms with Crippen LogP contribution in [0.2, 0.25) is 0 Å². The second-order valence-corrected chi connectivity index (χ2v) is 6.64. The summed E-state index contributed by atoms with van der Waals surface area (Å²) in [6.45, 7) is 12.8. The number of hydrogen-bond donors (Lipinski definition) is 1. The van der Waals surface area contributed by atoms with Gasteiger partial charge < -0.3 is 19.7 Å². The van der Waals surface area contributed by atoms with Crippen LogP contribution in [0.4, 0.5) is 4.79 Å². The molecule has 21 heavy (non-hydrogen) atoms. The van der Waals surface area contributed by atoms with Gasteiger partial charge in [-0.2, -0.15) is 0 Å². The van der Waals surface area contributed by atoms with Crippen LogP contribution in [0, 0.1) is 0 Å². The predicted octanol–water partition coefficient (Wildman–Crippen LogP) is 2.79. The Labute approximate surface area is 129 Å². The zero-order valence-corrected chi connectivity index (χ0v) is 14.3. The summed E-state index contributed by atoms with van der Waals surface area (Å²) in [6.07, 6.45) is 3.33. The van der Waals surface area contributed by atoms with Crippen molar-refractivity contribution in [2.75, 3.05) is 26.2 Å². The summed E-state index contributed by atoms with van der Waals surface area (Å²) in [5.41, 5.74) is -0.438. The molecule has 1 heterocycles. The Bertz CT molecular complexity index is 315. The Balaban J connectivity index is 2.30. The molecule has 1 aliphatic heterocycles. The molecule has 2 atom stereocenters. The maximum absolute atomic E-state index is 12.0. The highest BCUT2D eigenvalue weighted by Gasteiger charge is 2.23. The quantitative estimate of drug-likeness (QED) is 0.819. The fourth-order valence-corrected chi connectivity index (χ4v) is 2.46. The minimum Gasteiger partial charge on any atom is -0.444 e. The maximum Gasteiger partial charge on any atom is 0.410 e. The number of nitrogens with zero attached hydrogens (tertiary/aromatic N) is 1. The van der Waals surface area contributed by atoms with Crippen molar-refractivity contribution in [2.45, 2.75) is 71.6 Å². The average molecular weight is 300 g/mol. The largest absolute Gasteiger partial charge is 0.444 e. The molecule has 0 aliphatic carbocycles. The summed E-state index contributed by atoms with van der Waals surface area (Å²) >= 11 is 0. The highest BCUT2D eigenvalue weighted by atomic mass is 16.6. The summed E-state index contributed by atoms with van der Waals surface area (Å²) in [6, 6.07) is 0.501. The Kier molecular flexibility index (Phi) is 7.46. The molecule has 1 fully saturated rings. The smallest absolute Gasteiger partial charge is 0.410 e. The Morgan fingerprint density at radius 2 is 2.10 bits per heavy atom. The molecule has 0 spiro atoms. The Morgan fingerprint density at radius 3 is 2.67 bits per heavy atom. The fraction of sp³-hybridized carbons (Fsp3) is 0.938. The summed E-state index contributed by atoms with van der Waals surface area (Å²) < 4.78 is 11.1. The fourth-order valence-electron chi connectivity index (χ4n) is 2.46. The van der Waals surface area contributed by atoms with Gasteiger partial charge in [0.05, 0.1) is 6.10 Å². The van der Waals surface area contributed by atoms with Gasteiger partial charge in [0, 0.05) is 32.3 Å². The van der Waals surface area contributed by atoms with Crippen molar-refractivity contribution >= 4 is 6.09 Å². The number of likely N-dealkylation sites (N-methyl/N-ethyl adjacent to an activating group) is 1. The molecule has 0 aromatic rings. The van der Waals surface area contributed by atoms with Gasteiger partial charge in [0.2, 0.25) is 0 Å². The minimum absolute atomic E-state index is 0.231. The van der Waals surface area contributed by atoms with Crippen molar-refractivity contribution in [1.82, 2.24) is 10.2 Å². The summed E-state index contributed by atoms with van der Waals surface area (Å²) in [5.74, 6) is 0. The summed E-state index contributed by atoms with van der Waals surface area (Å²) in [5, 5.41) is 3.54. The van der Waals surface area contributed by atoms with E-state index in [2.05, 4.69) is 12.2 Å². The average Bonchev–Trinajstić information content (AvgIpc) is 2.42. The molecule has 1 rings (SSSR count). The second kappa shape index (κ2) is 8.59. The molecule has 2 unspecified atom stereocenters. The van der Waals surface area contributed by atoms with Gasteiger partial charge in [-0.15, -0.1) is 0 Å². The van der Waals surface area contributed by atoms with Crippen molar-refractivity contribution in [1.29, 1.82) is 0 Å². The molecule has 1 N–H and O–H groups in total. The first kappa shape index (κ1) is 18.2. The number of hydrogen-bond acceptors (Lipinski definition) is 4. The van der Waals surface area contributed by atoms with Crippen LogP contribution in [0.3, 0.4) is 0 Å². The first-order chi connectivity index (χ1) is 9.85. The summed E-state index contributed by atoms with van der Waals surface area (Å²) in [7, 11) is 0. The van der Waals surface area contributed by atoms with E-state index in [1.807, 2.05) is 27.7 Å². The predicted molar refractivity (Wildman–Crippen MR) is 84.5 cm³/mol. The SMILES string of the molecule is CCC1CC(NCCN(CC)C(=O)OC(C)(C)C)CCO1. The molecule has 0 saturated carbocycles. The van der Waals surface area contributed by atoms with Crippen molar-refractivity contribution in [3.8, 4) is 0 Å². The van der Waals surface area contributed by atoms with Gasteiger partial charge in [0.15, 0.2) is 0 Å². The molecule has 5 heteroatoms. The number of ether oxygens (including phenoxy) is 2. The number of carbonyl (C=O) groups is 1. The molecule has 124 valence electrons. The number of rotatable bonds is 6. The first-order valence-corrected chi connectivity index (χ1v) is 8.18. The van der Waals surface area contributed by atoms with Crippen LogP contribution in [0.1, 0.15) is 53.9 Å². The maximum atomic E-state index is 12.0. The van der Waals surface area contributed by atoms with E-state index in [1.54, 1.807) is 4.90 Å². The molecule has 0 radical (unpaired) electrons. The standard InChI is InChI=1S/C16H32N2O3/c1-6-14-12-13(8-11-20-14)17-9-10-18(7-2)15(19)21-16(3,4)5/h13-14,17H,6-12H2,1-5H3. The molecule has 0 aromatic heterocycles. The molecule has 1 saturated heterocycles. The van der Waals surface area contributed by atoms with Crippen LogP contribution in [0.5, 0.6) is 0 Å². The Hall–Kier alpha value is -0.810. The lowest BCUT2D eigenvalue weighted by atomic mass is 10.0. The van der Waals surface area contributed by atoms with Crippen LogP contribution in [0.15, 0.2) is 0 Å². The zero-order chi connectivity index (χ0) is 15.9. The van der Waals surface area contributed by atoms with Crippen LogP contribution in [-0.2, 0) is 9.47 Å². The van der Waals surface area contributed by atoms with Crippen LogP contribution in [0.25, 0.3) is 0 Å². The van der Waals surface area contributed by atoms with Crippen LogP contribution >= 0.6 is 0 Å². The van der Waals surface area contributed by atoms with E-state index < -0.39 is 5.60 Å². The number of nitrogens with one attached hydrogen (secondary N) is 1. The van der Waals surface area contributed by atoms with Gasteiger partial charge in [-0.3, -0.25) is 0 Å². The van der Waals surface area contributed by atoms with Gasteiger partial charge >= 0.3 is 6.09 Å². The van der Waals surface area contributed by atoms with Crippen molar-refractivity contribution in [3.63, 3.8) is 0 Å². The molecule has 0 aromatic carbocycles. The van der Waals surface area contributed by atoms with Crippen LogP contribution < -0.4 is 5.32 Å². The molecule has 1 aliphatic rings. The first-order valence-electron chi connectivity index (χ1n) is 8.18. The molecule has 5 nitrogen and oxygen atoms in total. The normalized spacial score (nSPS) is 22.9. The van der Waals surface area contributed by atoms with Crippen LogP contribution in [-0.4, -0.2) is 55.0 Å². The van der Waals surface area contributed by atoms with E-state index in [0.717, 1.165) is 32.4 Å². The van der Waals surface area contributed by atoms with Gasteiger partial charge in [0.1, 0.15) is 5.60 Å². The monoisotopic (exact) mass is 300 g/mol. The molecular weight excluding hydrogens is 268 g/mol. The van der Waals surface area contributed by atoms with Crippen molar-refractivity contribution < 1.29 is 14.3 Å². The van der Waals surface area contributed by atoms with Crippen molar-refractivity contribution in [2.24, 2.45) is 0 Å². The van der Waals surface area contributed by atoms with Gasteiger partial charge in [-0.1, -0.05) is 6.92 Å². The molecule has 1 amide bonds. The lowest BCUT2D eigenvalue weighted by molar-refractivity contribution is -0.001000. The Morgan fingerprint density at radius 1 is 1.38 bits per heavy atom. The van der Waals surface area contributed by atoms with E-state index in [4.69, 9.17) is 9.47 Å². The summed E-state index contributed by atoms with van der Waals surface area (Å²) in [4.78, 5) is 13.8. The zero-order valence-electron chi connectivity index (χ0n) is 14.3. The lowest BCUT2D eigenvalue weighted by Crippen LogP contribution is -2.44. The van der Waals surface area contributed by atoms with E-state index in [9.17, 15) is 4.79 Å². The van der Waals surface area contributed by atoms with Gasteiger partial charge in [0.25, 0.3) is 0 Å². The van der Waals surface area contributed by atoms with E-state index in [1.165, 1.54) is 0 Å². The third-order valence-electron chi connectivity index (χ3n) is 3.67. The van der Waals surface area contributed by atoms with E-state index in [-0.39, 0.29) is 6.09 Å². The van der Waals surface area contributed by atoms with E-state index >= 15 is 0 Å². The van der Waals surface area contributed by atoms with Crippen molar-refractivity contribution in [3.05, 3.63) is 0 Å². The number of amides is 1. The molecular formula is C16H32N2O3. The minimum atomic E-state index is -0.438. The highest BCUT2D eigenvalue weighted by Crippen LogP contribution is 2.16. The third kappa shape index (κ3) is 7.14. The molecule has 0 bridgehead atoms. The lowest BCUT2D eigenvalue weighted by Gasteiger charge is -2.31. The third-order valence-corrected chi connectivity index (χ3v) is 3.67. The number of carbonyl (C=O) groups excluding carboxylic acids is 1. The van der Waals surface area contributed by atoms with Gasteiger partial charge in [-0.05, 0) is 47.0 Å².